The normalized spacial score (nSPS) is 11.0. The molecule has 0 atom stereocenters. The molecule has 0 aliphatic rings. The number of nitrogens with two attached hydrogens (primary N) is 1. The highest BCUT2D eigenvalue weighted by Gasteiger charge is 2.29. The molecule has 25 heavy (non-hydrogen) atoms. The van der Waals surface area contributed by atoms with Crippen LogP contribution in [0.3, 0.4) is 0 Å². The van der Waals surface area contributed by atoms with Crippen molar-refractivity contribution in [2.45, 2.75) is 32.9 Å². The maximum Gasteiger partial charge on any atom is 0.413 e. The van der Waals surface area contributed by atoms with E-state index in [1.54, 1.807) is 51.1 Å². The standard InChI is InChI=1S/C18H22N4O3/c1-18(2,3)22(17(24)25)15-6-4-5-14(21-15)16(23)20-11-12-7-9-13(19)10-8-12/h4-10H,11,19H2,1-3H3,(H,20,23)(H,24,25). The molecule has 1 aromatic heterocycles. The number of amides is 2. The van der Waals surface area contributed by atoms with Crippen molar-refractivity contribution in [2.24, 2.45) is 0 Å². The molecule has 7 nitrogen and oxygen atoms in total. The van der Waals surface area contributed by atoms with Crippen LogP contribution in [0.2, 0.25) is 0 Å². The minimum atomic E-state index is -1.13. The molecular formula is C18H22N4O3. The molecule has 0 saturated heterocycles. The molecule has 2 aromatic rings. The molecule has 2 amide bonds. The highest BCUT2D eigenvalue weighted by molar-refractivity contribution is 5.93. The van der Waals surface area contributed by atoms with Gasteiger partial charge in [-0.25, -0.2) is 9.78 Å². The number of nitrogens with zero attached hydrogens (tertiary/aromatic N) is 2. The quantitative estimate of drug-likeness (QED) is 0.740. The van der Waals surface area contributed by atoms with Gasteiger partial charge in [0.15, 0.2) is 0 Å². The third kappa shape index (κ3) is 4.69. The lowest BCUT2D eigenvalue weighted by atomic mass is 10.1. The highest BCUT2D eigenvalue weighted by Crippen LogP contribution is 2.22. The first kappa shape index (κ1) is 18.3. The van der Waals surface area contributed by atoms with Gasteiger partial charge in [0, 0.05) is 17.8 Å². The van der Waals surface area contributed by atoms with E-state index in [2.05, 4.69) is 10.3 Å². The molecule has 132 valence electrons. The minimum absolute atomic E-state index is 0.156. The van der Waals surface area contributed by atoms with Crippen LogP contribution < -0.4 is 16.0 Å². The molecule has 7 heteroatoms. The molecular weight excluding hydrogens is 320 g/mol. The molecule has 0 spiro atoms. The Morgan fingerprint density at radius 2 is 1.80 bits per heavy atom. The van der Waals surface area contributed by atoms with Crippen molar-refractivity contribution in [3.05, 3.63) is 53.7 Å². The third-order valence-corrected chi connectivity index (χ3v) is 3.49. The second kappa shape index (κ2) is 7.21. The van der Waals surface area contributed by atoms with Crippen molar-refractivity contribution in [2.75, 3.05) is 10.6 Å². The smallest absolute Gasteiger partial charge is 0.413 e. The van der Waals surface area contributed by atoms with Crippen molar-refractivity contribution in [3.8, 4) is 0 Å². The Bertz CT molecular complexity index is 767. The van der Waals surface area contributed by atoms with Crippen LogP contribution in [-0.4, -0.2) is 27.6 Å². The summed E-state index contributed by atoms with van der Waals surface area (Å²) in [5.74, 6) is -0.168. The number of hydrogen-bond donors (Lipinski definition) is 3. The maximum atomic E-state index is 12.3. The highest BCUT2D eigenvalue weighted by atomic mass is 16.4. The van der Waals surface area contributed by atoms with Gasteiger partial charge in [-0.1, -0.05) is 18.2 Å². The van der Waals surface area contributed by atoms with E-state index in [-0.39, 0.29) is 17.4 Å². The number of nitrogen functional groups attached to an aromatic ring is 1. The van der Waals surface area contributed by atoms with Crippen LogP contribution in [0.5, 0.6) is 0 Å². The minimum Gasteiger partial charge on any atom is -0.465 e. The fourth-order valence-electron chi connectivity index (χ4n) is 2.31. The van der Waals surface area contributed by atoms with Crippen LogP contribution in [0.1, 0.15) is 36.8 Å². The van der Waals surface area contributed by atoms with Crippen LogP contribution in [0.15, 0.2) is 42.5 Å². The van der Waals surface area contributed by atoms with Crippen LogP contribution in [0.4, 0.5) is 16.3 Å². The lowest BCUT2D eigenvalue weighted by Crippen LogP contribution is -2.45. The van der Waals surface area contributed by atoms with Gasteiger partial charge in [0.1, 0.15) is 11.5 Å². The summed E-state index contributed by atoms with van der Waals surface area (Å²) < 4.78 is 0. The van der Waals surface area contributed by atoms with Crippen molar-refractivity contribution in [3.63, 3.8) is 0 Å². The summed E-state index contributed by atoms with van der Waals surface area (Å²) in [5, 5.41) is 12.2. The van der Waals surface area contributed by atoms with Gasteiger partial charge in [-0.05, 0) is 50.6 Å². The summed E-state index contributed by atoms with van der Waals surface area (Å²) >= 11 is 0. The van der Waals surface area contributed by atoms with Gasteiger partial charge in [-0.2, -0.15) is 0 Å². The van der Waals surface area contributed by atoms with Gasteiger partial charge in [0.05, 0.1) is 0 Å². The molecule has 1 heterocycles. The molecule has 1 aromatic carbocycles. The van der Waals surface area contributed by atoms with E-state index < -0.39 is 11.6 Å². The van der Waals surface area contributed by atoms with Crippen LogP contribution >= 0.6 is 0 Å². The number of anilines is 2. The molecule has 0 fully saturated rings. The fraction of sp³-hybridized carbons (Fsp3) is 0.278. The first-order chi connectivity index (χ1) is 11.7. The lowest BCUT2D eigenvalue weighted by Gasteiger charge is -2.32. The topological polar surface area (TPSA) is 109 Å². The van der Waals surface area contributed by atoms with Crippen molar-refractivity contribution in [1.82, 2.24) is 10.3 Å². The molecule has 0 unspecified atom stereocenters. The zero-order chi connectivity index (χ0) is 18.6. The summed E-state index contributed by atoms with van der Waals surface area (Å²) in [5.41, 5.74) is 6.66. The third-order valence-electron chi connectivity index (χ3n) is 3.49. The largest absolute Gasteiger partial charge is 0.465 e. The number of carbonyl (C=O) groups is 2. The van der Waals surface area contributed by atoms with Crippen LogP contribution in [0, 0.1) is 0 Å². The fourth-order valence-corrected chi connectivity index (χ4v) is 2.31. The van der Waals surface area contributed by atoms with Crippen molar-refractivity contribution >= 4 is 23.5 Å². The number of nitrogens with one attached hydrogen (secondary N) is 1. The molecule has 0 bridgehead atoms. The van der Waals surface area contributed by atoms with Gasteiger partial charge in [0.25, 0.3) is 5.91 Å². The Labute approximate surface area is 146 Å². The Morgan fingerprint density at radius 3 is 2.36 bits per heavy atom. The van der Waals surface area contributed by atoms with E-state index in [4.69, 9.17) is 5.73 Å². The number of carbonyl (C=O) groups excluding carboxylic acids is 1. The average Bonchev–Trinajstić information content (AvgIpc) is 2.52. The Kier molecular flexibility index (Phi) is 5.26. The van der Waals surface area contributed by atoms with E-state index in [0.717, 1.165) is 10.5 Å². The number of hydrogen-bond acceptors (Lipinski definition) is 4. The number of carboxylic acid groups (broad SMARTS) is 1. The van der Waals surface area contributed by atoms with Crippen molar-refractivity contribution < 1.29 is 14.7 Å². The second-order valence-corrected chi connectivity index (χ2v) is 6.59. The summed E-state index contributed by atoms with van der Waals surface area (Å²) in [6.45, 7) is 5.61. The number of benzene rings is 1. The van der Waals surface area contributed by atoms with Gasteiger partial charge in [-0.3, -0.25) is 9.69 Å². The zero-order valence-electron chi connectivity index (χ0n) is 14.5. The molecule has 0 aliphatic heterocycles. The number of rotatable bonds is 4. The van der Waals surface area contributed by atoms with Crippen LogP contribution in [0.25, 0.3) is 0 Å². The molecule has 2 rings (SSSR count). The SMILES string of the molecule is CC(C)(C)N(C(=O)O)c1cccc(C(=O)NCc2ccc(N)cc2)n1. The Hall–Kier alpha value is -3.09. The van der Waals surface area contributed by atoms with Crippen molar-refractivity contribution in [1.29, 1.82) is 0 Å². The lowest BCUT2D eigenvalue weighted by molar-refractivity contribution is 0.0945. The van der Waals surface area contributed by atoms with Gasteiger partial charge in [0.2, 0.25) is 0 Å². The number of aromatic nitrogens is 1. The predicted octanol–water partition coefficient (Wildman–Crippen LogP) is 2.88. The first-order valence-corrected chi connectivity index (χ1v) is 7.81. The van der Waals surface area contributed by atoms with E-state index in [1.807, 2.05) is 12.1 Å². The monoisotopic (exact) mass is 342 g/mol. The summed E-state index contributed by atoms with van der Waals surface area (Å²) in [7, 11) is 0. The van der Waals surface area contributed by atoms with Gasteiger partial charge < -0.3 is 16.2 Å². The number of pyridine rings is 1. The summed E-state index contributed by atoms with van der Waals surface area (Å²) in [6, 6.07) is 11.9. The van der Waals surface area contributed by atoms with E-state index in [1.165, 1.54) is 0 Å². The molecule has 0 radical (unpaired) electrons. The maximum absolute atomic E-state index is 12.3. The van der Waals surface area contributed by atoms with E-state index in [9.17, 15) is 14.7 Å². The molecule has 0 saturated carbocycles. The van der Waals surface area contributed by atoms with Crippen LogP contribution in [-0.2, 0) is 6.54 Å². The summed E-state index contributed by atoms with van der Waals surface area (Å²) in [6.07, 6.45) is -1.13. The molecule has 0 aliphatic carbocycles. The average molecular weight is 342 g/mol. The second-order valence-electron chi connectivity index (χ2n) is 6.59. The van der Waals surface area contributed by atoms with Gasteiger partial charge in [-0.15, -0.1) is 0 Å². The predicted molar refractivity (Wildman–Crippen MR) is 96.5 cm³/mol. The zero-order valence-corrected chi connectivity index (χ0v) is 14.5. The Morgan fingerprint density at radius 1 is 1.16 bits per heavy atom. The Balaban J connectivity index is 2.15. The molecule has 4 N–H and O–H groups in total. The summed E-state index contributed by atoms with van der Waals surface area (Å²) in [4.78, 5) is 29.2. The van der Waals surface area contributed by atoms with E-state index in [0.29, 0.717) is 12.2 Å². The first-order valence-electron chi connectivity index (χ1n) is 7.81. The van der Waals surface area contributed by atoms with E-state index >= 15 is 0 Å². The van der Waals surface area contributed by atoms with Gasteiger partial charge >= 0.3 is 6.09 Å².